The molecule has 2 aromatic carbocycles. The number of hydrogen-bond donors (Lipinski definition) is 2. The molecule has 1 aliphatic heterocycles. The minimum atomic E-state index is -0.0306. The molecule has 0 bridgehead atoms. The maximum atomic E-state index is 12.8. The highest BCUT2D eigenvalue weighted by atomic mass is 16.5. The van der Waals surface area contributed by atoms with Gasteiger partial charge in [-0.25, -0.2) is 9.78 Å². The number of anilines is 1. The van der Waals surface area contributed by atoms with Crippen LogP contribution in [0.2, 0.25) is 0 Å². The first-order valence-electron chi connectivity index (χ1n) is 10.5. The fraction of sp³-hybridized carbons (Fsp3) is 0.182. The molecule has 1 saturated heterocycles. The van der Waals surface area contributed by atoms with Crippen LogP contribution in [0.5, 0.6) is 0 Å². The molecule has 33 heavy (non-hydrogen) atoms. The zero-order valence-corrected chi connectivity index (χ0v) is 17.5. The molecule has 1 fully saturated rings. The number of nitrogens with one attached hydrogen (secondary N) is 2. The van der Waals surface area contributed by atoms with Gasteiger partial charge in [0.2, 0.25) is 0 Å². The Morgan fingerprint density at radius 1 is 0.939 bits per heavy atom. The summed E-state index contributed by atoms with van der Waals surface area (Å²) in [5, 5.41) is 23.0. The van der Waals surface area contributed by atoms with Gasteiger partial charge in [-0.3, -0.25) is 4.79 Å². The van der Waals surface area contributed by atoms with Crippen molar-refractivity contribution in [2.24, 2.45) is 0 Å². The summed E-state index contributed by atoms with van der Waals surface area (Å²) in [6.07, 6.45) is 1.84. The van der Waals surface area contributed by atoms with Gasteiger partial charge in [-0.15, -0.1) is 10.2 Å². The average molecular weight is 441 g/mol. The molecule has 6 rings (SSSR count). The van der Waals surface area contributed by atoms with Crippen molar-refractivity contribution < 1.29 is 4.74 Å². The standard InChI is InChI=1S/C22H19N9O2/c32-20-12-21(30-7-9-33-10-8-30)23-18-6-3-15(11-17(18)20)19-13-31(29-24-19)16-4-1-14(2-5-16)22-25-27-28-26-22/h1-6,11-13H,7-10H2,(H,23,32)(H,25,26,27,28). The van der Waals surface area contributed by atoms with Gasteiger partial charge in [0.15, 0.2) is 11.3 Å². The molecule has 0 spiro atoms. The van der Waals surface area contributed by atoms with E-state index in [-0.39, 0.29) is 5.43 Å². The summed E-state index contributed by atoms with van der Waals surface area (Å²) in [4.78, 5) is 18.4. The Balaban J connectivity index is 1.29. The number of H-pyrrole nitrogens is 2. The Morgan fingerprint density at radius 3 is 2.55 bits per heavy atom. The zero-order valence-electron chi connectivity index (χ0n) is 17.5. The number of nitrogens with zero attached hydrogens (tertiary/aromatic N) is 7. The van der Waals surface area contributed by atoms with E-state index in [0.717, 1.165) is 41.2 Å². The van der Waals surface area contributed by atoms with Crippen LogP contribution in [0, 0.1) is 0 Å². The van der Waals surface area contributed by atoms with E-state index in [1.54, 1.807) is 10.7 Å². The maximum absolute atomic E-state index is 12.8. The Bertz CT molecular complexity index is 1470. The van der Waals surface area contributed by atoms with Crippen LogP contribution < -0.4 is 10.3 Å². The monoisotopic (exact) mass is 441 g/mol. The van der Waals surface area contributed by atoms with Crippen LogP contribution in [0.1, 0.15) is 0 Å². The van der Waals surface area contributed by atoms with Gasteiger partial charge in [0, 0.05) is 35.7 Å². The van der Waals surface area contributed by atoms with Crippen molar-refractivity contribution in [1.29, 1.82) is 0 Å². The fourth-order valence-electron chi connectivity index (χ4n) is 3.94. The van der Waals surface area contributed by atoms with Crippen LogP contribution in [0.15, 0.2) is 59.5 Å². The van der Waals surface area contributed by atoms with Gasteiger partial charge in [0.1, 0.15) is 11.5 Å². The molecule has 0 unspecified atom stereocenters. The normalized spacial score (nSPS) is 14.1. The van der Waals surface area contributed by atoms with Crippen molar-refractivity contribution in [1.82, 2.24) is 40.6 Å². The lowest BCUT2D eigenvalue weighted by atomic mass is 10.1. The molecule has 11 nitrogen and oxygen atoms in total. The highest BCUT2D eigenvalue weighted by Crippen LogP contribution is 2.23. The van der Waals surface area contributed by atoms with Crippen molar-refractivity contribution in [3.8, 4) is 28.3 Å². The Labute approximate surface area is 187 Å². The van der Waals surface area contributed by atoms with E-state index in [2.05, 4.69) is 40.8 Å². The second-order valence-corrected chi connectivity index (χ2v) is 7.72. The van der Waals surface area contributed by atoms with Crippen LogP contribution in [0.25, 0.3) is 39.2 Å². The smallest absolute Gasteiger partial charge is 0.191 e. The van der Waals surface area contributed by atoms with Crippen molar-refractivity contribution in [3.63, 3.8) is 0 Å². The Kier molecular flexibility index (Phi) is 4.65. The maximum Gasteiger partial charge on any atom is 0.191 e. The summed E-state index contributed by atoms with van der Waals surface area (Å²) in [5.41, 5.74) is 3.97. The van der Waals surface area contributed by atoms with Gasteiger partial charge in [-0.2, -0.15) is 0 Å². The number of fused-ring (bicyclic) bond motifs is 1. The van der Waals surface area contributed by atoms with E-state index in [1.165, 1.54) is 0 Å². The average Bonchev–Trinajstić information content (AvgIpc) is 3.57. The number of ether oxygens (including phenoxy) is 1. The van der Waals surface area contributed by atoms with E-state index >= 15 is 0 Å². The van der Waals surface area contributed by atoms with Crippen LogP contribution in [-0.2, 0) is 4.74 Å². The van der Waals surface area contributed by atoms with Gasteiger partial charge in [0.05, 0.1) is 30.6 Å². The molecule has 0 saturated carbocycles. The molecular formula is C22H19N9O2. The number of benzene rings is 2. The van der Waals surface area contributed by atoms with Crippen LogP contribution in [0.3, 0.4) is 0 Å². The Hall–Kier alpha value is -4.38. The van der Waals surface area contributed by atoms with Gasteiger partial charge >= 0.3 is 0 Å². The lowest BCUT2D eigenvalue weighted by Gasteiger charge is -2.28. The lowest BCUT2D eigenvalue weighted by Crippen LogP contribution is -2.37. The van der Waals surface area contributed by atoms with E-state index in [9.17, 15) is 4.79 Å². The summed E-state index contributed by atoms with van der Waals surface area (Å²) >= 11 is 0. The molecule has 2 N–H and O–H groups in total. The minimum absolute atomic E-state index is 0.0306. The lowest BCUT2D eigenvalue weighted by molar-refractivity contribution is 0.122. The van der Waals surface area contributed by atoms with E-state index in [4.69, 9.17) is 4.74 Å². The first-order valence-corrected chi connectivity index (χ1v) is 10.5. The summed E-state index contributed by atoms with van der Waals surface area (Å²) in [6, 6.07) is 15.0. The van der Waals surface area contributed by atoms with Gasteiger partial charge < -0.3 is 14.6 Å². The molecule has 0 amide bonds. The van der Waals surface area contributed by atoms with E-state index in [1.807, 2.05) is 48.7 Å². The third-order valence-electron chi connectivity index (χ3n) is 5.71. The second-order valence-electron chi connectivity index (χ2n) is 7.72. The zero-order chi connectivity index (χ0) is 22.2. The number of aromatic amines is 2. The van der Waals surface area contributed by atoms with Crippen molar-refractivity contribution in [3.05, 3.63) is 65.0 Å². The molecule has 164 valence electrons. The summed E-state index contributed by atoms with van der Waals surface area (Å²) in [5.74, 6) is 1.41. The first-order chi connectivity index (χ1) is 16.2. The van der Waals surface area contributed by atoms with Gasteiger partial charge in [-0.05, 0) is 46.8 Å². The van der Waals surface area contributed by atoms with Gasteiger partial charge in [-0.1, -0.05) is 11.3 Å². The minimum Gasteiger partial charge on any atom is -0.378 e. The molecule has 0 radical (unpaired) electrons. The highest BCUT2D eigenvalue weighted by molar-refractivity contribution is 5.85. The predicted octanol–water partition coefficient (Wildman–Crippen LogP) is 1.79. The quantitative estimate of drug-likeness (QED) is 0.432. The molecule has 4 heterocycles. The molecule has 0 aliphatic carbocycles. The summed E-state index contributed by atoms with van der Waals surface area (Å²) < 4.78 is 7.09. The molecule has 1 aliphatic rings. The number of aromatic nitrogens is 8. The van der Waals surface area contributed by atoms with Crippen molar-refractivity contribution in [2.75, 3.05) is 31.2 Å². The van der Waals surface area contributed by atoms with Crippen LogP contribution >= 0.6 is 0 Å². The SMILES string of the molecule is O=c1cc(N2CCOCC2)[nH]c2ccc(-c3cn(-c4ccc(-c5nnn[nH]5)cc4)nn3)cc12. The number of hydrogen-bond acceptors (Lipinski definition) is 8. The third-order valence-corrected chi connectivity index (χ3v) is 5.71. The summed E-state index contributed by atoms with van der Waals surface area (Å²) in [7, 11) is 0. The largest absolute Gasteiger partial charge is 0.378 e. The number of pyridine rings is 1. The molecule has 11 heteroatoms. The molecule has 0 atom stereocenters. The van der Waals surface area contributed by atoms with Crippen LogP contribution in [-0.4, -0.2) is 66.9 Å². The fourth-order valence-corrected chi connectivity index (χ4v) is 3.94. The number of tetrazole rings is 1. The van der Waals surface area contributed by atoms with E-state index in [0.29, 0.717) is 30.1 Å². The van der Waals surface area contributed by atoms with Crippen molar-refractivity contribution in [2.45, 2.75) is 0 Å². The number of rotatable bonds is 4. The molecular weight excluding hydrogens is 422 g/mol. The molecule has 5 aromatic rings. The molecule has 3 aromatic heterocycles. The second kappa shape index (κ2) is 7.95. The van der Waals surface area contributed by atoms with Crippen LogP contribution in [0.4, 0.5) is 5.82 Å². The highest BCUT2D eigenvalue weighted by Gasteiger charge is 2.14. The topological polar surface area (TPSA) is 130 Å². The summed E-state index contributed by atoms with van der Waals surface area (Å²) in [6.45, 7) is 2.85. The number of morpholine rings is 1. The predicted molar refractivity (Wildman–Crippen MR) is 121 cm³/mol. The Morgan fingerprint density at radius 2 is 1.76 bits per heavy atom. The third kappa shape index (κ3) is 3.64. The van der Waals surface area contributed by atoms with Gasteiger partial charge in [0.25, 0.3) is 0 Å². The van der Waals surface area contributed by atoms with Crippen molar-refractivity contribution >= 4 is 16.7 Å². The van der Waals surface area contributed by atoms with E-state index < -0.39 is 0 Å². The first kappa shape index (κ1) is 19.3.